The highest BCUT2D eigenvalue weighted by Gasteiger charge is 2.33. The van der Waals surface area contributed by atoms with E-state index in [9.17, 15) is 9.59 Å². The summed E-state index contributed by atoms with van der Waals surface area (Å²) < 4.78 is 1.94. The molecule has 16 nitrogen and oxygen atoms in total. The van der Waals surface area contributed by atoms with Crippen LogP contribution in [0.1, 0.15) is 40.2 Å². The number of benzene rings is 2. The Kier molecular flexibility index (Phi) is 10.6. The SMILES string of the molecule is CN1CCCN(C(=O)c2cc3cc(Nc4nc(-c5ccccn5)cc[n+]4-c4ccc(-c5ccnc(Nc6ccc7[nH]c(C(=O)N8CCN9CCCC9C8)cc7c6)n5)nc4)ccc3[nH]2)CC1. The monoisotopic (exact) mass is 865 g/mol. The fourth-order valence-electron chi connectivity index (χ4n) is 9.29. The Balaban J connectivity index is 0.816. The standard InChI is InChI=1S/C49H48N14O2/c1-59-18-5-20-61(23-22-59)46(64)44-28-33-27-35(9-12-39(33)55-44)54-49-58-43(40-7-2-3-16-50-40)15-21-63(49)36-10-13-41(52-30-36)42-14-17-51-48(57-42)53-34-8-11-38-32(26-34)29-45(56-38)47(65)62-25-24-60-19-4-6-37(60)31-62/h2-3,7-17,21,26-30,37H,4-6,18-20,22-25,31H2,1H3,(H3,50,51,52,53,54,55,56,57,58,64,65)/p+1. The molecule has 4 N–H and O–H groups in total. The number of fused-ring (bicyclic) bond motifs is 3. The van der Waals surface area contributed by atoms with Crippen LogP contribution in [0.5, 0.6) is 0 Å². The van der Waals surface area contributed by atoms with Crippen molar-refractivity contribution in [1.82, 2.24) is 54.5 Å². The maximum absolute atomic E-state index is 13.5. The molecule has 65 heavy (non-hydrogen) atoms. The van der Waals surface area contributed by atoms with Gasteiger partial charge in [-0.3, -0.25) is 24.5 Å². The van der Waals surface area contributed by atoms with E-state index in [4.69, 9.17) is 15.0 Å². The third kappa shape index (κ3) is 8.36. The quantitative estimate of drug-likeness (QED) is 0.118. The molecule has 0 bridgehead atoms. The van der Waals surface area contributed by atoms with Gasteiger partial charge in [-0.1, -0.05) is 11.1 Å². The van der Waals surface area contributed by atoms with Crippen LogP contribution < -0.4 is 15.2 Å². The second-order valence-corrected chi connectivity index (χ2v) is 17.1. The normalized spacial score (nSPS) is 17.0. The third-order valence-electron chi connectivity index (χ3n) is 12.8. The smallest absolute Gasteiger partial charge is 0.351 e. The molecule has 1 unspecified atom stereocenters. The molecule has 3 saturated heterocycles. The second kappa shape index (κ2) is 17.2. The van der Waals surface area contributed by atoms with Gasteiger partial charge in [0.15, 0.2) is 5.69 Å². The molecule has 9 heterocycles. The largest absolute Gasteiger partial charge is 0.402 e. The van der Waals surface area contributed by atoms with Crippen LogP contribution in [0.2, 0.25) is 0 Å². The van der Waals surface area contributed by atoms with Gasteiger partial charge in [0.25, 0.3) is 11.8 Å². The van der Waals surface area contributed by atoms with E-state index in [-0.39, 0.29) is 11.8 Å². The number of nitrogens with one attached hydrogen (secondary N) is 4. The minimum atomic E-state index is 0.0187. The molecule has 3 fully saturated rings. The van der Waals surface area contributed by atoms with Crippen molar-refractivity contribution in [3.63, 3.8) is 0 Å². The van der Waals surface area contributed by atoms with Crippen molar-refractivity contribution in [1.29, 1.82) is 0 Å². The number of aromatic amines is 2. The molecule has 6 aromatic heterocycles. The third-order valence-corrected chi connectivity index (χ3v) is 12.8. The lowest BCUT2D eigenvalue weighted by Gasteiger charge is -2.37. The van der Waals surface area contributed by atoms with E-state index in [2.05, 4.69) is 47.4 Å². The minimum absolute atomic E-state index is 0.0187. The number of anilines is 4. The van der Waals surface area contributed by atoms with Gasteiger partial charge >= 0.3 is 5.95 Å². The number of carbonyl (C=O) groups is 2. The summed E-state index contributed by atoms with van der Waals surface area (Å²) in [6.07, 6.45) is 10.5. The van der Waals surface area contributed by atoms with Crippen molar-refractivity contribution in [2.45, 2.75) is 25.3 Å². The van der Waals surface area contributed by atoms with Gasteiger partial charge in [-0.2, -0.15) is 0 Å². The summed E-state index contributed by atoms with van der Waals surface area (Å²) in [6, 6.07) is 29.7. The molecule has 1 atom stereocenters. The first kappa shape index (κ1) is 40.2. The van der Waals surface area contributed by atoms with Crippen LogP contribution in [0.25, 0.3) is 50.3 Å². The maximum atomic E-state index is 13.5. The molecule has 16 heteroatoms. The molecule has 3 aliphatic heterocycles. The van der Waals surface area contributed by atoms with Gasteiger partial charge in [0.1, 0.15) is 22.8 Å². The van der Waals surface area contributed by atoms with Crippen LogP contribution in [0, 0.1) is 0 Å². The Bertz CT molecular complexity index is 3040. The molecule has 326 valence electrons. The van der Waals surface area contributed by atoms with Crippen LogP contribution in [-0.2, 0) is 0 Å². The highest BCUT2D eigenvalue weighted by molar-refractivity contribution is 6.00. The predicted octanol–water partition coefficient (Wildman–Crippen LogP) is 6.42. The maximum Gasteiger partial charge on any atom is 0.402 e. The Labute approximate surface area is 375 Å². The van der Waals surface area contributed by atoms with Gasteiger partial charge in [0, 0.05) is 91.3 Å². The Morgan fingerprint density at radius 1 is 0.646 bits per heavy atom. The first-order valence-electron chi connectivity index (χ1n) is 22.3. The van der Waals surface area contributed by atoms with E-state index < -0.39 is 0 Å². The average molecular weight is 866 g/mol. The predicted molar refractivity (Wildman–Crippen MR) is 249 cm³/mol. The molecule has 0 radical (unpaired) electrons. The first-order valence-corrected chi connectivity index (χ1v) is 22.3. The second-order valence-electron chi connectivity index (χ2n) is 17.1. The lowest BCUT2D eigenvalue weighted by molar-refractivity contribution is -0.583. The summed E-state index contributed by atoms with van der Waals surface area (Å²) in [7, 11) is 2.10. The lowest BCUT2D eigenvalue weighted by Crippen LogP contribution is -2.52. The van der Waals surface area contributed by atoms with Crippen LogP contribution >= 0.6 is 0 Å². The van der Waals surface area contributed by atoms with E-state index >= 15 is 0 Å². The van der Waals surface area contributed by atoms with Crippen LogP contribution in [0.15, 0.2) is 116 Å². The van der Waals surface area contributed by atoms with Crippen molar-refractivity contribution >= 4 is 56.9 Å². The number of pyridine rings is 2. The lowest BCUT2D eigenvalue weighted by atomic mass is 10.1. The zero-order valence-electron chi connectivity index (χ0n) is 36.1. The first-order chi connectivity index (χ1) is 31.9. The molecule has 0 spiro atoms. The van der Waals surface area contributed by atoms with Crippen molar-refractivity contribution in [3.8, 4) is 28.5 Å². The van der Waals surface area contributed by atoms with Crippen molar-refractivity contribution in [2.75, 3.05) is 70.0 Å². The van der Waals surface area contributed by atoms with Gasteiger partial charge in [-0.05, 0) is 118 Å². The number of nitrogens with zero attached hydrogens (tertiary/aromatic N) is 10. The van der Waals surface area contributed by atoms with Crippen LogP contribution in [0.3, 0.4) is 0 Å². The summed E-state index contributed by atoms with van der Waals surface area (Å²) in [6.45, 7) is 6.93. The van der Waals surface area contributed by atoms with Gasteiger partial charge in [0.05, 0.1) is 29.5 Å². The van der Waals surface area contributed by atoms with Gasteiger partial charge in [-0.25, -0.2) is 19.9 Å². The zero-order valence-corrected chi connectivity index (χ0v) is 36.1. The van der Waals surface area contributed by atoms with Crippen molar-refractivity contribution in [2.24, 2.45) is 0 Å². The number of hydrogen-bond donors (Lipinski definition) is 4. The molecular formula is C49H49N14O2+. The topological polar surface area (TPSA) is 171 Å². The average Bonchev–Trinajstić information content (AvgIpc) is 4.07. The highest BCUT2D eigenvalue weighted by atomic mass is 16.2. The van der Waals surface area contributed by atoms with Gasteiger partial charge in [0.2, 0.25) is 5.95 Å². The number of aromatic nitrogens is 8. The molecule has 2 aromatic carbocycles. The summed E-state index contributed by atoms with van der Waals surface area (Å²) in [5, 5.41) is 8.73. The number of amides is 2. The molecule has 11 rings (SSSR count). The van der Waals surface area contributed by atoms with E-state index in [0.717, 1.165) is 103 Å². The fraction of sp³-hybridized carbons (Fsp3) is 0.265. The minimum Gasteiger partial charge on any atom is -0.351 e. The van der Waals surface area contributed by atoms with Crippen molar-refractivity contribution in [3.05, 3.63) is 127 Å². The number of H-pyrrole nitrogens is 2. The Morgan fingerprint density at radius 3 is 2.17 bits per heavy atom. The number of piperazine rings is 1. The zero-order chi connectivity index (χ0) is 43.9. The number of likely N-dealkylation sites (N-methyl/N-ethyl adjacent to an activating group) is 1. The highest BCUT2D eigenvalue weighted by Crippen LogP contribution is 2.28. The van der Waals surface area contributed by atoms with Crippen LogP contribution in [-0.4, -0.2) is 132 Å². The fourth-order valence-corrected chi connectivity index (χ4v) is 9.29. The Hall–Kier alpha value is -7.56. The summed E-state index contributed by atoms with van der Waals surface area (Å²) >= 11 is 0. The molecule has 0 saturated carbocycles. The number of rotatable bonds is 9. The number of hydrogen-bond acceptors (Lipinski definition) is 11. The van der Waals surface area contributed by atoms with Gasteiger partial charge in [-0.15, -0.1) is 0 Å². The Morgan fingerprint density at radius 2 is 1.40 bits per heavy atom. The molecule has 0 aliphatic carbocycles. The van der Waals surface area contributed by atoms with E-state index in [1.165, 1.54) is 6.42 Å². The van der Waals surface area contributed by atoms with Crippen molar-refractivity contribution < 1.29 is 14.2 Å². The van der Waals surface area contributed by atoms with E-state index in [1.54, 1.807) is 18.6 Å². The summed E-state index contributed by atoms with van der Waals surface area (Å²) in [5.41, 5.74) is 8.13. The van der Waals surface area contributed by atoms with Gasteiger partial charge < -0.3 is 30.0 Å². The molecule has 3 aliphatic rings. The molecular weight excluding hydrogens is 817 g/mol. The van der Waals surface area contributed by atoms with Crippen LogP contribution in [0.4, 0.5) is 23.3 Å². The molecule has 8 aromatic rings. The van der Waals surface area contributed by atoms with E-state index in [1.807, 2.05) is 112 Å². The van der Waals surface area contributed by atoms with E-state index in [0.29, 0.717) is 53.0 Å². The number of carbonyl (C=O) groups excluding carboxylic acids is 2. The molecule has 2 amide bonds. The summed E-state index contributed by atoms with van der Waals surface area (Å²) in [4.78, 5) is 66.1. The summed E-state index contributed by atoms with van der Waals surface area (Å²) in [5.74, 6) is 1.05.